The Hall–Kier alpha value is -2.45. The van der Waals surface area contributed by atoms with E-state index in [9.17, 15) is 22.8 Å². The lowest BCUT2D eigenvalue weighted by Gasteiger charge is -2.45. The predicted octanol–water partition coefficient (Wildman–Crippen LogP) is 3.21. The maximum Gasteiger partial charge on any atom is 0.573 e. The monoisotopic (exact) mass is 412 g/mol. The van der Waals surface area contributed by atoms with Crippen molar-refractivity contribution in [2.45, 2.75) is 43.5 Å². The van der Waals surface area contributed by atoms with E-state index in [-0.39, 0.29) is 23.0 Å². The van der Waals surface area contributed by atoms with E-state index in [1.807, 2.05) is 11.8 Å². The van der Waals surface area contributed by atoms with Gasteiger partial charge in [0.1, 0.15) is 5.75 Å². The van der Waals surface area contributed by atoms with Gasteiger partial charge in [0, 0.05) is 30.0 Å². The average molecular weight is 412 g/mol. The van der Waals surface area contributed by atoms with Crippen molar-refractivity contribution in [3.8, 4) is 5.75 Å². The number of hydrogen-bond acceptors (Lipinski definition) is 4. The van der Waals surface area contributed by atoms with Gasteiger partial charge in [-0.2, -0.15) is 0 Å². The fourth-order valence-corrected chi connectivity index (χ4v) is 4.95. The first-order chi connectivity index (χ1) is 13.5. The topological polar surface area (TPSA) is 67.9 Å². The smallest absolute Gasteiger partial charge is 0.453 e. The number of methoxy groups -OCH3 is 1. The number of carbonyl (C=O) groups is 2. The lowest BCUT2D eigenvalue weighted by Crippen LogP contribution is -2.58. The Morgan fingerprint density at radius 3 is 2.41 bits per heavy atom. The van der Waals surface area contributed by atoms with Crippen molar-refractivity contribution < 1.29 is 32.2 Å². The Bertz CT molecular complexity index is 820. The van der Waals surface area contributed by atoms with Crippen LogP contribution in [0.3, 0.4) is 0 Å². The van der Waals surface area contributed by atoms with Crippen molar-refractivity contribution in [2.75, 3.05) is 20.2 Å². The third-order valence-electron chi connectivity index (χ3n) is 6.45. The molecule has 2 atom stereocenters. The Kier molecular flexibility index (Phi) is 4.47. The summed E-state index contributed by atoms with van der Waals surface area (Å²) in [5.74, 6) is 0.0418. The van der Waals surface area contributed by atoms with Gasteiger partial charge in [0.15, 0.2) is 0 Å². The maximum atomic E-state index is 12.9. The molecule has 1 aromatic carbocycles. The molecule has 29 heavy (non-hydrogen) atoms. The Morgan fingerprint density at radius 2 is 1.83 bits per heavy atom. The Balaban J connectivity index is 1.35. The van der Waals surface area contributed by atoms with Crippen molar-refractivity contribution >= 4 is 12.0 Å². The highest BCUT2D eigenvalue weighted by Gasteiger charge is 2.62. The molecule has 1 aliphatic heterocycles. The van der Waals surface area contributed by atoms with Crippen molar-refractivity contribution in [3.05, 3.63) is 29.8 Å². The van der Waals surface area contributed by atoms with E-state index in [0.717, 1.165) is 12.0 Å². The number of nitrogens with one attached hydrogen (secondary N) is 1. The van der Waals surface area contributed by atoms with Gasteiger partial charge in [-0.05, 0) is 49.8 Å². The van der Waals surface area contributed by atoms with E-state index < -0.39 is 18.0 Å². The summed E-state index contributed by atoms with van der Waals surface area (Å²) in [4.78, 5) is 26.1. The second-order valence-electron chi connectivity index (χ2n) is 8.63. The Morgan fingerprint density at radius 1 is 1.17 bits per heavy atom. The SMILES string of the molecule is COC(=O)N[C@]1(C)C[C@H](C(=O)N2CC3CC3(c3ccc(OC(F)(F)F)cc3)C2)C1. The number of hydrogen-bond donors (Lipinski definition) is 1. The highest BCUT2D eigenvalue weighted by molar-refractivity contribution is 5.82. The summed E-state index contributed by atoms with van der Waals surface area (Å²) >= 11 is 0. The lowest BCUT2D eigenvalue weighted by molar-refractivity contribution is -0.274. The van der Waals surface area contributed by atoms with Gasteiger partial charge >= 0.3 is 12.5 Å². The van der Waals surface area contributed by atoms with Gasteiger partial charge in [-0.3, -0.25) is 4.79 Å². The Labute approximate surface area is 166 Å². The van der Waals surface area contributed by atoms with Crippen molar-refractivity contribution in [1.82, 2.24) is 10.2 Å². The quantitative estimate of drug-likeness (QED) is 0.825. The fourth-order valence-electron chi connectivity index (χ4n) is 4.95. The van der Waals surface area contributed by atoms with Crippen LogP contribution in [0.25, 0.3) is 0 Å². The normalized spacial score (nSPS) is 32.8. The van der Waals surface area contributed by atoms with Crippen LogP contribution in [0.4, 0.5) is 18.0 Å². The van der Waals surface area contributed by atoms with E-state index in [1.54, 1.807) is 12.1 Å². The number of amides is 2. The lowest BCUT2D eigenvalue weighted by atomic mass is 9.69. The van der Waals surface area contributed by atoms with E-state index >= 15 is 0 Å². The fraction of sp³-hybridized carbons (Fsp3) is 0.600. The zero-order chi connectivity index (χ0) is 21.0. The number of nitrogens with zero attached hydrogens (tertiary/aromatic N) is 1. The van der Waals surface area contributed by atoms with Crippen LogP contribution in [0, 0.1) is 11.8 Å². The number of carbonyl (C=O) groups excluding carboxylic acids is 2. The number of rotatable bonds is 4. The van der Waals surface area contributed by atoms with Gasteiger partial charge in [-0.1, -0.05) is 12.1 Å². The molecule has 158 valence electrons. The molecule has 3 aliphatic rings. The number of fused-ring (bicyclic) bond motifs is 1. The van der Waals surface area contributed by atoms with Gasteiger partial charge in [-0.15, -0.1) is 13.2 Å². The van der Waals surface area contributed by atoms with Crippen LogP contribution in [0.2, 0.25) is 0 Å². The highest BCUT2D eigenvalue weighted by Crippen LogP contribution is 2.59. The maximum absolute atomic E-state index is 12.9. The van der Waals surface area contributed by atoms with Crippen LogP contribution >= 0.6 is 0 Å². The minimum Gasteiger partial charge on any atom is -0.453 e. The molecule has 0 radical (unpaired) electrons. The largest absolute Gasteiger partial charge is 0.573 e. The molecule has 9 heteroatoms. The zero-order valence-corrected chi connectivity index (χ0v) is 16.2. The molecule has 1 saturated heterocycles. The standard InChI is InChI=1S/C20H23F3N2O4/c1-18(24-17(27)28-2)7-12(8-18)16(26)25-10-14-9-19(14,11-25)13-3-5-15(6-4-13)29-20(21,22)23/h3-6,12,14H,7-11H2,1-2H3,(H,24,27)/t12-,14?,18+,19?. The third-order valence-corrected chi connectivity index (χ3v) is 6.45. The predicted molar refractivity (Wildman–Crippen MR) is 96.2 cm³/mol. The molecular weight excluding hydrogens is 389 g/mol. The molecule has 0 bridgehead atoms. The molecule has 1 heterocycles. The zero-order valence-electron chi connectivity index (χ0n) is 16.2. The molecule has 0 spiro atoms. The number of benzene rings is 1. The summed E-state index contributed by atoms with van der Waals surface area (Å²) in [6.45, 7) is 3.13. The first-order valence-electron chi connectivity index (χ1n) is 9.55. The van der Waals surface area contributed by atoms with Crippen LogP contribution in [0.5, 0.6) is 5.75 Å². The van der Waals surface area contributed by atoms with Crippen LogP contribution in [-0.2, 0) is 14.9 Å². The highest BCUT2D eigenvalue weighted by atomic mass is 19.4. The second kappa shape index (κ2) is 6.53. The summed E-state index contributed by atoms with van der Waals surface area (Å²) in [6, 6.07) is 5.98. The molecule has 1 aromatic rings. The van der Waals surface area contributed by atoms with Gasteiger partial charge in [-0.25, -0.2) is 4.79 Å². The van der Waals surface area contributed by atoms with Crippen LogP contribution in [0.15, 0.2) is 24.3 Å². The molecular formula is C20H23F3N2O4. The molecule has 2 aliphatic carbocycles. The van der Waals surface area contributed by atoms with Crippen LogP contribution < -0.4 is 10.1 Å². The summed E-state index contributed by atoms with van der Waals surface area (Å²) < 4.78 is 45.5. The number of piperidine rings is 1. The summed E-state index contributed by atoms with van der Waals surface area (Å²) in [6.07, 6.45) is -3.14. The summed E-state index contributed by atoms with van der Waals surface area (Å²) in [7, 11) is 1.30. The number of likely N-dealkylation sites (tertiary alicyclic amines) is 1. The van der Waals surface area contributed by atoms with Crippen molar-refractivity contribution in [3.63, 3.8) is 0 Å². The van der Waals surface area contributed by atoms with Crippen molar-refractivity contribution in [1.29, 1.82) is 0 Å². The number of halogens is 3. The molecule has 0 aromatic heterocycles. The molecule has 2 saturated carbocycles. The first-order valence-corrected chi connectivity index (χ1v) is 9.55. The molecule has 2 unspecified atom stereocenters. The summed E-state index contributed by atoms with van der Waals surface area (Å²) in [5, 5.41) is 2.77. The second-order valence-corrected chi connectivity index (χ2v) is 8.63. The van der Waals surface area contributed by atoms with Crippen LogP contribution in [0.1, 0.15) is 31.7 Å². The van der Waals surface area contributed by atoms with Gasteiger partial charge in [0.05, 0.1) is 7.11 Å². The molecule has 6 nitrogen and oxygen atoms in total. The van der Waals surface area contributed by atoms with E-state index in [0.29, 0.717) is 31.8 Å². The number of alkyl halides is 3. The van der Waals surface area contributed by atoms with E-state index in [4.69, 9.17) is 0 Å². The number of ether oxygens (including phenoxy) is 2. The number of alkyl carbamates (subject to hydrolysis) is 1. The van der Waals surface area contributed by atoms with E-state index in [2.05, 4.69) is 14.8 Å². The minimum atomic E-state index is -4.71. The first kappa shape index (κ1) is 19.8. The minimum absolute atomic E-state index is 0.0812. The summed E-state index contributed by atoms with van der Waals surface area (Å²) in [5.41, 5.74) is 0.351. The van der Waals surface area contributed by atoms with Crippen molar-refractivity contribution in [2.24, 2.45) is 11.8 Å². The molecule has 4 rings (SSSR count). The third kappa shape index (κ3) is 3.74. The molecule has 3 fully saturated rings. The molecule has 2 amide bonds. The molecule has 1 N–H and O–H groups in total. The van der Waals surface area contributed by atoms with Gasteiger partial charge < -0.3 is 19.7 Å². The average Bonchev–Trinajstić information content (AvgIpc) is 3.19. The van der Waals surface area contributed by atoms with Gasteiger partial charge in [0.2, 0.25) is 5.91 Å². The van der Waals surface area contributed by atoms with E-state index in [1.165, 1.54) is 19.2 Å². The van der Waals surface area contributed by atoms with Crippen LogP contribution in [-0.4, -0.2) is 49.0 Å². The van der Waals surface area contributed by atoms with Gasteiger partial charge in [0.25, 0.3) is 0 Å².